The van der Waals surface area contributed by atoms with Gasteiger partial charge in [-0.25, -0.2) is 4.98 Å². The van der Waals surface area contributed by atoms with Crippen molar-refractivity contribution in [2.45, 2.75) is 19.8 Å². The highest BCUT2D eigenvalue weighted by Gasteiger charge is 2.19. The first kappa shape index (κ1) is 18.0. The van der Waals surface area contributed by atoms with Crippen LogP contribution in [-0.4, -0.2) is 48.6 Å². The van der Waals surface area contributed by atoms with Crippen LogP contribution in [0.25, 0.3) is 0 Å². The van der Waals surface area contributed by atoms with Gasteiger partial charge in [0.2, 0.25) is 0 Å². The van der Waals surface area contributed by atoms with E-state index in [-0.39, 0.29) is 0 Å². The standard InChI is InChI=1S/C18H24ClN5S/c1-13(17-21-12-14(2)25-17)11-22-18(20)24-9-7-23(8-10-24)16-5-3-15(19)4-6-16/h3-6,12-13H,7-11H2,1-2H3,(H2,20,22). The van der Waals surface area contributed by atoms with Gasteiger partial charge in [0.05, 0.1) is 11.6 Å². The second-order valence-electron chi connectivity index (χ2n) is 6.36. The Morgan fingerprint density at radius 2 is 1.96 bits per heavy atom. The van der Waals surface area contributed by atoms with Crippen LogP contribution < -0.4 is 10.6 Å². The Bertz CT molecular complexity index is 719. The highest BCUT2D eigenvalue weighted by atomic mass is 35.5. The molecule has 2 heterocycles. The van der Waals surface area contributed by atoms with Crippen molar-refractivity contribution in [3.8, 4) is 0 Å². The van der Waals surface area contributed by atoms with E-state index in [0.717, 1.165) is 36.2 Å². The molecule has 1 fully saturated rings. The summed E-state index contributed by atoms with van der Waals surface area (Å²) < 4.78 is 0. The van der Waals surface area contributed by atoms with Crippen LogP contribution in [-0.2, 0) is 0 Å². The van der Waals surface area contributed by atoms with Gasteiger partial charge in [-0.3, -0.25) is 4.99 Å². The summed E-state index contributed by atoms with van der Waals surface area (Å²) in [6.07, 6.45) is 1.92. The van der Waals surface area contributed by atoms with Crippen LogP contribution in [0.4, 0.5) is 5.69 Å². The lowest BCUT2D eigenvalue weighted by Gasteiger charge is -2.36. The van der Waals surface area contributed by atoms with Gasteiger partial charge in [0.1, 0.15) is 0 Å². The molecule has 0 saturated carbocycles. The molecule has 7 heteroatoms. The summed E-state index contributed by atoms with van der Waals surface area (Å²) in [6.45, 7) is 8.51. The molecule has 1 atom stereocenters. The molecule has 0 bridgehead atoms. The van der Waals surface area contributed by atoms with Crippen molar-refractivity contribution in [2.75, 3.05) is 37.6 Å². The number of nitrogens with zero attached hydrogens (tertiary/aromatic N) is 4. The van der Waals surface area contributed by atoms with Gasteiger partial charge in [0.15, 0.2) is 5.96 Å². The Kier molecular flexibility index (Phi) is 5.81. The number of aliphatic imine (C=N–C) groups is 1. The highest BCUT2D eigenvalue weighted by Crippen LogP contribution is 2.22. The Morgan fingerprint density at radius 1 is 1.28 bits per heavy atom. The minimum absolute atomic E-state index is 0.299. The van der Waals surface area contributed by atoms with Crippen LogP contribution in [0.1, 0.15) is 22.7 Å². The van der Waals surface area contributed by atoms with Gasteiger partial charge in [-0.05, 0) is 31.2 Å². The van der Waals surface area contributed by atoms with E-state index >= 15 is 0 Å². The van der Waals surface area contributed by atoms with Crippen molar-refractivity contribution in [3.63, 3.8) is 0 Å². The number of hydrogen-bond acceptors (Lipinski definition) is 4. The molecule has 0 spiro atoms. The number of hydrogen-bond donors (Lipinski definition) is 1. The van der Waals surface area contributed by atoms with Gasteiger partial charge in [-0.2, -0.15) is 0 Å². The molecule has 1 aromatic heterocycles. The largest absolute Gasteiger partial charge is 0.370 e. The number of guanidine groups is 1. The predicted molar refractivity (Wildman–Crippen MR) is 107 cm³/mol. The molecule has 1 saturated heterocycles. The van der Waals surface area contributed by atoms with Crippen LogP contribution in [0.3, 0.4) is 0 Å². The molecule has 2 aromatic rings. The first-order chi connectivity index (χ1) is 12.0. The number of nitrogens with two attached hydrogens (primary N) is 1. The lowest BCUT2D eigenvalue weighted by Crippen LogP contribution is -2.51. The maximum atomic E-state index is 6.21. The Morgan fingerprint density at radius 3 is 2.56 bits per heavy atom. The van der Waals surface area contributed by atoms with Crippen molar-refractivity contribution >= 4 is 34.6 Å². The third-order valence-electron chi connectivity index (χ3n) is 4.38. The minimum Gasteiger partial charge on any atom is -0.370 e. The second kappa shape index (κ2) is 8.06. The van der Waals surface area contributed by atoms with E-state index in [1.807, 2.05) is 18.3 Å². The van der Waals surface area contributed by atoms with Crippen LogP contribution >= 0.6 is 22.9 Å². The van der Waals surface area contributed by atoms with Crippen molar-refractivity contribution in [2.24, 2.45) is 10.7 Å². The average Bonchev–Trinajstić information content (AvgIpc) is 3.07. The first-order valence-corrected chi connectivity index (χ1v) is 9.70. The summed E-state index contributed by atoms with van der Waals surface area (Å²) in [5.74, 6) is 0.934. The van der Waals surface area contributed by atoms with E-state index in [1.165, 1.54) is 10.6 Å². The fourth-order valence-electron chi connectivity index (χ4n) is 2.85. The van der Waals surface area contributed by atoms with Crippen molar-refractivity contribution < 1.29 is 0 Å². The topological polar surface area (TPSA) is 57.8 Å². The summed E-state index contributed by atoms with van der Waals surface area (Å²) in [4.78, 5) is 14.8. The maximum Gasteiger partial charge on any atom is 0.191 e. The molecule has 134 valence electrons. The lowest BCUT2D eigenvalue weighted by atomic mass is 10.2. The summed E-state index contributed by atoms with van der Waals surface area (Å²) in [5, 5.41) is 1.89. The van der Waals surface area contributed by atoms with Crippen LogP contribution in [0.5, 0.6) is 0 Å². The Balaban J connectivity index is 1.52. The fraction of sp³-hybridized carbons (Fsp3) is 0.444. The van der Waals surface area contributed by atoms with E-state index in [1.54, 1.807) is 11.3 Å². The van der Waals surface area contributed by atoms with Crippen molar-refractivity contribution in [3.05, 3.63) is 45.4 Å². The number of aromatic nitrogens is 1. The molecule has 25 heavy (non-hydrogen) atoms. The average molecular weight is 378 g/mol. The molecule has 0 aliphatic carbocycles. The monoisotopic (exact) mass is 377 g/mol. The van der Waals surface area contributed by atoms with E-state index in [0.29, 0.717) is 18.4 Å². The number of aryl methyl sites for hydroxylation is 1. The van der Waals surface area contributed by atoms with E-state index < -0.39 is 0 Å². The predicted octanol–water partition coefficient (Wildman–Crippen LogP) is 3.35. The van der Waals surface area contributed by atoms with Crippen LogP contribution in [0.2, 0.25) is 5.02 Å². The van der Waals surface area contributed by atoms with Gasteiger partial charge in [-0.15, -0.1) is 11.3 Å². The second-order valence-corrected chi connectivity index (χ2v) is 8.06. The molecular formula is C18H24ClN5S. The van der Waals surface area contributed by atoms with Gasteiger partial charge >= 0.3 is 0 Å². The van der Waals surface area contributed by atoms with E-state index in [4.69, 9.17) is 17.3 Å². The molecule has 0 radical (unpaired) electrons. The molecule has 1 aliphatic heterocycles. The van der Waals surface area contributed by atoms with Gasteiger partial charge in [0, 0.05) is 53.9 Å². The zero-order valence-electron chi connectivity index (χ0n) is 14.7. The number of rotatable bonds is 4. The normalized spacial score (nSPS) is 17.0. The molecule has 0 amide bonds. The molecule has 5 nitrogen and oxygen atoms in total. The van der Waals surface area contributed by atoms with Gasteiger partial charge in [0.25, 0.3) is 0 Å². The zero-order chi connectivity index (χ0) is 17.8. The SMILES string of the molecule is Cc1cnc(C(C)CN=C(N)N2CCN(c3ccc(Cl)cc3)CC2)s1. The highest BCUT2D eigenvalue weighted by molar-refractivity contribution is 7.11. The minimum atomic E-state index is 0.299. The Hall–Kier alpha value is -1.79. The number of anilines is 1. The fourth-order valence-corrected chi connectivity index (χ4v) is 3.80. The van der Waals surface area contributed by atoms with Crippen LogP contribution in [0.15, 0.2) is 35.5 Å². The number of benzene rings is 1. The summed E-state index contributed by atoms with van der Waals surface area (Å²) in [7, 11) is 0. The quantitative estimate of drug-likeness (QED) is 0.655. The van der Waals surface area contributed by atoms with Gasteiger partial charge in [-0.1, -0.05) is 18.5 Å². The molecule has 3 rings (SSSR count). The maximum absolute atomic E-state index is 6.21. The van der Waals surface area contributed by atoms with E-state index in [9.17, 15) is 0 Å². The third kappa shape index (κ3) is 4.64. The number of halogens is 1. The number of piperazine rings is 1. The Labute approximate surface area is 158 Å². The lowest BCUT2D eigenvalue weighted by molar-refractivity contribution is 0.380. The summed E-state index contributed by atoms with van der Waals surface area (Å²) in [5.41, 5.74) is 7.41. The van der Waals surface area contributed by atoms with Crippen molar-refractivity contribution in [1.29, 1.82) is 0 Å². The zero-order valence-corrected chi connectivity index (χ0v) is 16.2. The smallest absolute Gasteiger partial charge is 0.191 e. The molecular weight excluding hydrogens is 354 g/mol. The summed E-state index contributed by atoms with van der Waals surface area (Å²) in [6, 6.07) is 7.99. The molecule has 1 aromatic carbocycles. The summed E-state index contributed by atoms with van der Waals surface area (Å²) >= 11 is 7.69. The first-order valence-electron chi connectivity index (χ1n) is 8.50. The van der Waals surface area contributed by atoms with Crippen LogP contribution in [0, 0.1) is 6.92 Å². The van der Waals surface area contributed by atoms with Gasteiger partial charge < -0.3 is 15.5 Å². The number of thiazole rings is 1. The van der Waals surface area contributed by atoms with Crippen molar-refractivity contribution in [1.82, 2.24) is 9.88 Å². The third-order valence-corrected chi connectivity index (χ3v) is 5.78. The molecule has 2 N–H and O–H groups in total. The molecule has 1 unspecified atom stereocenters. The van der Waals surface area contributed by atoms with E-state index in [2.05, 4.69) is 45.8 Å². The molecule has 1 aliphatic rings.